The third-order valence-electron chi connectivity index (χ3n) is 3.24. The first-order chi connectivity index (χ1) is 9.67. The van der Waals surface area contributed by atoms with Crippen molar-refractivity contribution in [3.05, 3.63) is 23.0 Å². The zero-order chi connectivity index (χ0) is 15.8. The molecule has 21 heavy (non-hydrogen) atoms. The molecule has 2 rings (SSSR count). The van der Waals surface area contributed by atoms with Crippen molar-refractivity contribution in [3.63, 3.8) is 0 Å². The van der Waals surface area contributed by atoms with Crippen LogP contribution in [0.4, 0.5) is 13.2 Å². The second-order valence-corrected chi connectivity index (χ2v) is 6.04. The van der Waals surface area contributed by atoms with Gasteiger partial charge in [0.25, 0.3) is 0 Å². The Hall–Kier alpha value is -1.54. The van der Waals surface area contributed by atoms with Gasteiger partial charge in [-0.25, -0.2) is 0 Å². The lowest BCUT2D eigenvalue weighted by Gasteiger charge is -2.20. The van der Waals surface area contributed by atoms with E-state index in [-0.39, 0.29) is 11.8 Å². The molecule has 0 amide bonds. The Balaban J connectivity index is 2.37. The number of nitrogens with zero attached hydrogens (tertiary/aromatic N) is 2. The van der Waals surface area contributed by atoms with Gasteiger partial charge in [0.05, 0.1) is 10.2 Å². The van der Waals surface area contributed by atoms with E-state index >= 15 is 0 Å². The Morgan fingerprint density at radius 1 is 1.38 bits per heavy atom. The summed E-state index contributed by atoms with van der Waals surface area (Å²) in [5.74, 6) is -0.260. The van der Waals surface area contributed by atoms with Crippen LogP contribution in [0, 0.1) is 5.41 Å². The van der Waals surface area contributed by atoms with Gasteiger partial charge in [0.2, 0.25) is 0 Å². The van der Waals surface area contributed by atoms with Gasteiger partial charge >= 0.3 is 6.36 Å². The molecular weight excluding hydrogens is 303 g/mol. The number of aromatic nitrogens is 1. The van der Waals surface area contributed by atoms with Gasteiger partial charge in [0, 0.05) is 12.6 Å². The highest BCUT2D eigenvalue weighted by Crippen LogP contribution is 2.28. The summed E-state index contributed by atoms with van der Waals surface area (Å²) >= 11 is 1.14. The smallest absolute Gasteiger partial charge is 0.406 e. The van der Waals surface area contributed by atoms with Crippen molar-refractivity contribution in [1.29, 1.82) is 5.41 Å². The minimum atomic E-state index is -4.70. The second kappa shape index (κ2) is 5.69. The average Bonchev–Trinajstić information content (AvgIpc) is 2.63. The molecule has 1 unspecified atom stereocenters. The summed E-state index contributed by atoms with van der Waals surface area (Å²) in [4.78, 5) is 2.33. The fourth-order valence-electron chi connectivity index (χ4n) is 1.87. The molecule has 0 bridgehead atoms. The molecule has 8 heteroatoms. The summed E-state index contributed by atoms with van der Waals surface area (Å²) in [5.41, 5.74) is 0.744. The van der Waals surface area contributed by atoms with Crippen molar-refractivity contribution in [2.24, 2.45) is 0 Å². The lowest BCUT2D eigenvalue weighted by Crippen LogP contribution is -2.32. The van der Waals surface area contributed by atoms with Gasteiger partial charge < -0.3 is 14.2 Å². The highest BCUT2D eigenvalue weighted by atomic mass is 32.1. The van der Waals surface area contributed by atoms with Crippen molar-refractivity contribution >= 4 is 21.6 Å². The first-order valence-corrected chi connectivity index (χ1v) is 7.09. The van der Waals surface area contributed by atoms with E-state index in [1.54, 1.807) is 10.6 Å². The molecule has 1 aromatic carbocycles. The molecule has 1 heterocycles. The lowest BCUT2D eigenvalue weighted by molar-refractivity contribution is -0.274. The van der Waals surface area contributed by atoms with Crippen LogP contribution < -0.4 is 9.54 Å². The summed E-state index contributed by atoms with van der Waals surface area (Å²) in [6.07, 6.45) is -4.70. The molecular formula is C13H16F3N3OS. The number of thiazole rings is 1. The Labute approximate surface area is 123 Å². The number of rotatable bonds is 4. The molecule has 0 aliphatic heterocycles. The van der Waals surface area contributed by atoms with Crippen LogP contribution in [0.1, 0.15) is 6.92 Å². The monoisotopic (exact) mass is 319 g/mol. The van der Waals surface area contributed by atoms with E-state index in [0.29, 0.717) is 16.0 Å². The number of halogens is 3. The van der Waals surface area contributed by atoms with E-state index in [1.807, 2.05) is 25.9 Å². The predicted molar refractivity (Wildman–Crippen MR) is 75.5 cm³/mol. The highest BCUT2D eigenvalue weighted by Gasteiger charge is 2.31. The molecule has 1 N–H and O–H groups in total. The van der Waals surface area contributed by atoms with E-state index in [9.17, 15) is 13.2 Å². The maximum atomic E-state index is 12.2. The van der Waals surface area contributed by atoms with Gasteiger partial charge in [-0.1, -0.05) is 11.3 Å². The van der Waals surface area contributed by atoms with E-state index < -0.39 is 6.36 Å². The van der Waals surface area contributed by atoms with Crippen LogP contribution in [-0.2, 0) is 6.54 Å². The average molecular weight is 319 g/mol. The number of benzene rings is 1. The standard InChI is InChI=1S/C13H16F3N3OS/c1-8(18(2)3)7-19-10-5-4-9(20-13(14,15)16)6-11(10)21-12(19)17/h4-6,8,17H,7H2,1-3H3. The minimum Gasteiger partial charge on any atom is -0.406 e. The Bertz CT molecular complexity index is 690. The zero-order valence-electron chi connectivity index (χ0n) is 11.9. The second-order valence-electron chi connectivity index (χ2n) is 5.01. The fourth-order valence-corrected chi connectivity index (χ4v) is 2.82. The summed E-state index contributed by atoms with van der Waals surface area (Å²) in [7, 11) is 3.89. The number of ether oxygens (including phenoxy) is 1. The van der Waals surface area contributed by atoms with E-state index in [0.717, 1.165) is 16.9 Å². The van der Waals surface area contributed by atoms with Gasteiger partial charge in [0.1, 0.15) is 5.75 Å². The molecule has 0 saturated carbocycles. The number of hydrogen-bond acceptors (Lipinski definition) is 4. The Morgan fingerprint density at radius 2 is 2.05 bits per heavy atom. The summed E-state index contributed by atoms with van der Waals surface area (Å²) in [5, 5.41) is 7.98. The SMILES string of the molecule is CC(Cn1c(=N)sc2cc(OC(F)(F)F)ccc21)N(C)C. The summed E-state index contributed by atoms with van der Waals surface area (Å²) < 4.78 is 43.0. The van der Waals surface area contributed by atoms with Crippen LogP contribution in [-0.4, -0.2) is 36.0 Å². The maximum absolute atomic E-state index is 12.2. The third-order valence-corrected chi connectivity index (χ3v) is 4.20. The van der Waals surface area contributed by atoms with Crippen molar-refractivity contribution < 1.29 is 17.9 Å². The molecule has 0 fully saturated rings. The molecule has 2 aromatic rings. The van der Waals surface area contributed by atoms with Crippen molar-refractivity contribution in [1.82, 2.24) is 9.47 Å². The highest BCUT2D eigenvalue weighted by molar-refractivity contribution is 7.16. The molecule has 0 aliphatic carbocycles. The summed E-state index contributed by atoms with van der Waals surface area (Å²) in [6, 6.07) is 4.37. The molecule has 0 saturated heterocycles. The first-order valence-electron chi connectivity index (χ1n) is 6.27. The van der Waals surface area contributed by atoms with Crippen LogP contribution in [0.5, 0.6) is 5.75 Å². The Kier molecular flexibility index (Phi) is 4.29. The van der Waals surface area contributed by atoms with Crippen LogP contribution >= 0.6 is 11.3 Å². The zero-order valence-corrected chi connectivity index (χ0v) is 12.7. The lowest BCUT2D eigenvalue weighted by atomic mass is 10.3. The van der Waals surface area contributed by atoms with Crippen LogP contribution in [0.2, 0.25) is 0 Å². The normalized spacial score (nSPS) is 13.9. The van der Waals surface area contributed by atoms with E-state index in [4.69, 9.17) is 5.41 Å². The molecule has 0 spiro atoms. The topological polar surface area (TPSA) is 41.3 Å². The molecule has 4 nitrogen and oxygen atoms in total. The van der Waals surface area contributed by atoms with Gasteiger partial charge in [-0.2, -0.15) is 0 Å². The number of alkyl halides is 3. The molecule has 0 aliphatic rings. The van der Waals surface area contributed by atoms with Crippen LogP contribution in [0.3, 0.4) is 0 Å². The number of nitrogens with one attached hydrogen (secondary N) is 1. The summed E-state index contributed by atoms with van der Waals surface area (Å²) in [6.45, 7) is 2.63. The molecule has 1 atom stereocenters. The van der Waals surface area contributed by atoms with Crippen molar-refractivity contribution in [2.75, 3.05) is 14.1 Å². The molecule has 116 valence electrons. The largest absolute Gasteiger partial charge is 0.573 e. The van der Waals surface area contributed by atoms with Crippen LogP contribution in [0.15, 0.2) is 18.2 Å². The Morgan fingerprint density at radius 3 is 2.62 bits per heavy atom. The number of hydrogen-bond donors (Lipinski definition) is 1. The molecule has 0 radical (unpaired) electrons. The van der Waals surface area contributed by atoms with E-state index in [2.05, 4.69) is 4.74 Å². The van der Waals surface area contributed by atoms with Gasteiger partial charge in [-0.15, -0.1) is 13.2 Å². The third kappa shape index (κ3) is 3.76. The van der Waals surface area contributed by atoms with Gasteiger partial charge in [-0.3, -0.25) is 5.41 Å². The number of likely N-dealkylation sites (N-methyl/N-ethyl adjacent to an activating group) is 1. The minimum absolute atomic E-state index is 0.211. The van der Waals surface area contributed by atoms with Crippen molar-refractivity contribution in [3.8, 4) is 5.75 Å². The quantitative estimate of drug-likeness (QED) is 0.941. The fraction of sp³-hybridized carbons (Fsp3) is 0.462. The van der Waals surface area contributed by atoms with E-state index in [1.165, 1.54) is 12.1 Å². The molecule has 1 aromatic heterocycles. The number of fused-ring (bicyclic) bond motifs is 1. The predicted octanol–water partition coefficient (Wildman–Crippen LogP) is 3.03. The maximum Gasteiger partial charge on any atom is 0.573 e. The van der Waals surface area contributed by atoms with Crippen molar-refractivity contribution in [2.45, 2.75) is 25.9 Å². The van der Waals surface area contributed by atoms with Gasteiger partial charge in [0.15, 0.2) is 4.80 Å². The van der Waals surface area contributed by atoms with Crippen LogP contribution in [0.25, 0.3) is 10.2 Å². The first kappa shape index (κ1) is 15.8. The van der Waals surface area contributed by atoms with Gasteiger partial charge in [-0.05, 0) is 39.2 Å².